The van der Waals surface area contributed by atoms with Gasteiger partial charge in [0.25, 0.3) is 0 Å². The van der Waals surface area contributed by atoms with E-state index in [2.05, 4.69) is 19.2 Å². The molecule has 5 heteroatoms. The lowest BCUT2D eigenvalue weighted by Gasteiger charge is -2.13. The molecule has 0 aromatic heterocycles. The first-order valence-electron chi connectivity index (χ1n) is 5.99. The first-order valence-corrected chi connectivity index (χ1v) is 6.80. The molecule has 0 fully saturated rings. The highest BCUT2D eigenvalue weighted by Crippen LogP contribution is 2.36. The van der Waals surface area contributed by atoms with Gasteiger partial charge in [0, 0.05) is 17.5 Å². The molecule has 1 nitrogen and oxygen atoms in total. The average molecular weight is 277 g/mol. The Labute approximate surface area is 110 Å². The highest BCUT2D eigenvalue weighted by atomic mass is 32.2. The van der Waals surface area contributed by atoms with Gasteiger partial charge in [0.15, 0.2) is 0 Å². The minimum absolute atomic E-state index is 0.0784. The highest BCUT2D eigenvalue weighted by molar-refractivity contribution is 8.00. The summed E-state index contributed by atoms with van der Waals surface area (Å²) in [7, 11) is 0. The van der Waals surface area contributed by atoms with Crippen LogP contribution in [0, 0.1) is 0 Å². The van der Waals surface area contributed by atoms with Gasteiger partial charge in [-0.15, -0.1) is 0 Å². The van der Waals surface area contributed by atoms with Crippen LogP contribution in [0.4, 0.5) is 13.2 Å². The predicted molar refractivity (Wildman–Crippen MR) is 69.6 cm³/mol. The second-order valence-corrected chi connectivity index (χ2v) is 5.40. The Morgan fingerprint density at radius 1 is 1.22 bits per heavy atom. The molecule has 1 aromatic rings. The zero-order valence-electron chi connectivity index (χ0n) is 10.6. The van der Waals surface area contributed by atoms with Crippen molar-refractivity contribution in [1.29, 1.82) is 0 Å². The third-order valence-corrected chi connectivity index (χ3v) is 3.27. The molecule has 18 heavy (non-hydrogen) atoms. The summed E-state index contributed by atoms with van der Waals surface area (Å²) in [6.07, 6.45) is 2.22. The SMILES string of the molecule is CCCC(C)NCc1ccc(SC(F)(F)F)cc1. The second kappa shape index (κ2) is 7.04. The normalized spacial score (nSPS) is 13.6. The number of nitrogens with one attached hydrogen (secondary N) is 1. The molecule has 0 heterocycles. The van der Waals surface area contributed by atoms with Gasteiger partial charge in [-0.1, -0.05) is 25.5 Å². The summed E-state index contributed by atoms with van der Waals surface area (Å²) in [6, 6.07) is 6.93. The summed E-state index contributed by atoms with van der Waals surface area (Å²) in [6.45, 7) is 4.93. The molecule has 0 spiro atoms. The van der Waals surface area contributed by atoms with Crippen LogP contribution in [0.15, 0.2) is 29.2 Å². The molecule has 1 aromatic carbocycles. The lowest BCUT2D eigenvalue weighted by Crippen LogP contribution is -2.24. The topological polar surface area (TPSA) is 12.0 Å². The van der Waals surface area contributed by atoms with Gasteiger partial charge in [-0.3, -0.25) is 0 Å². The lowest BCUT2D eigenvalue weighted by atomic mass is 10.1. The summed E-state index contributed by atoms with van der Waals surface area (Å²) in [5, 5.41) is 3.34. The molecular formula is C13H18F3NS. The number of benzene rings is 1. The van der Waals surface area contributed by atoms with Crippen LogP contribution in [0.3, 0.4) is 0 Å². The zero-order chi connectivity index (χ0) is 13.6. The van der Waals surface area contributed by atoms with Gasteiger partial charge in [-0.2, -0.15) is 13.2 Å². The Morgan fingerprint density at radius 2 is 1.83 bits per heavy atom. The quantitative estimate of drug-likeness (QED) is 0.764. The van der Waals surface area contributed by atoms with E-state index in [9.17, 15) is 13.2 Å². The number of hydrogen-bond donors (Lipinski definition) is 1. The Balaban J connectivity index is 2.45. The van der Waals surface area contributed by atoms with Crippen molar-refractivity contribution in [3.8, 4) is 0 Å². The van der Waals surface area contributed by atoms with Crippen LogP contribution in [0.5, 0.6) is 0 Å². The Kier molecular flexibility index (Phi) is 6.02. The maximum absolute atomic E-state index is 12.1. The van der Waals surface area contributed by atoms with Gasteiger partial charge in [-0.25, -0.2) is 0 Å². The van der Waals surface area contributed by atoms with Crippen LogP contribution in [0.25, 0.3) is 0 Å². The van der Waals surface area contributed by atoms with Crippen molar-refractivity contribution in [3.05, 3.63) is 29.8 Å². The molecule has 0 aliphatic carbocycles. The van der Waals surface area contributed by atoms with Crippen molar-refractivity contribution in [2.45, 2.75) is 49.7 Å². The fourth-order valence-corrected chi connectivity index (χ4v) is 2.18. The molecular weight excluding hydrogens is 259 g/mol. The fraction of sp³-hybridized carbons (Fsp3) is 0.538. The molecule has 0 saturated heterocycles. The monoisotopic (exact) mass is 277 g/mol. The third-order valence-electron chi connectivity index (χ3n) is 2.53. The number of halogens is 3. The van der Waals surface area contributed by atoms with E-state index >= 15 is 0 Å². The van der Waals surface area contributed by atoms with Gasteiger partial charge >= 0.3 is 5.51 Å². The molecule has 0 aliphatic heterocycles. The van der Waals surface area contributed by atoms with Gasteiger partial charge in [0.1, 0.15) is 0 Å². The first-order chi connectivity index (χ1) is 8.40. The molecule has 0 saturated carbocycles. The minimum atomic E-state index is -4.21. The Bertz CT molecular complexity index is 348. The number of hydrogen-bond acceptors (Lipinski definition) is 2. The summed E-state index contributed by atoms with van der Waals surface area (Å²) < 4.78 is 36.4. The number of rotatable bonds is 6. The van der Waals surface area contributed by atoms with E-state index in [0.717, 1.165) is 18.4 Å². The van der Waals surface area contributed by atoms with Crippen molar-refractivity contribution in [3.63, 3.8) is 0 Å². The third kappa shape index (κ3) is 6.31. The zero-order valence-corrected chi connectivity index (χ0v) is 11.4. The predicted octanol–water partition coefficient (Wildman–Crippen LogP) is 4.58. The van der Waals surface area contributed by atoms with Crippen LogP contribution in [-0.4, -0.2) is 11.6 Å². The van der Waals surface area contributed by atoms with Gasteiger partial charge in [-0.05, 0) is 42.8 Å². The molecule has 0 amide bonds. The van der Waals surface area contributed by atoms with Crippen molar-refractivity contribution in [2.75, 3.05) is 0 Å². The van der Waals surface area contributed by atoms with Crippen molar-refractivity contribution in [2.24, 2.45) is 0 Å². The molecule has 102 valence electrons. The van der Waals surface area contributed by atoms with E-state index in [-0.39, 0.29) is 16.7 Å². The van der Waals surface area contributed by atoms with Crippen LogP contribution in [0.1, 0.15) is 32.3 Å². The summed E-state index contributed by atoms with van der Waals surface area (Å²) in [4.78, 5) is 0.229. The summed E-state index contributed by atoms with van der Waals surface area (Å²) in [5.41, 5.74) is -3.21. The fourth-order valence-electron chi connectivity index (χ4n) is 1.64. The Morgan fingerprint density at radius 3 is 2.33 bits per heavy atom. The van der Waals surface area contributed by atoms with Crippen molar-refractivity contribution < 1.29 is 13.2 Å². The smallest absolute Gasteiger partial charge is 0.310 e. The highest BCUT2D eigenvalue weighted by Gasteiger charge is 2.28. The van der Waals surface area contributed by atoms with Gasteiger partial charge < -0.3 is 5.32 Å². The molecule has 1 unspecified atom stereocenters. The van der Waals surface area contributed by atoms with Crippen LogP contribution in [-0.2, 0) is 6.54 Å². The number of thioether (sulfide) groups is 1. The Hall–Kier alpha value is -0.680. The maximum Gasteiger partial charge on any atom is 0.446 e. The summed E-state index contributed by atoms with van der Waals surface area (Å²) >= 11 is -0.0784. The second-order valence-electron chi connectivity index (χ2n) is 4.26. The average Bonchev–Trinajstić information content (AvgIpc) is 2.26. The summed E-state index contributed by atoms with van der Waals surface area (Å²) in [5.74, 6) is 0. The van der Waals surface area contributed by atoms with Crippen molar-refractivity contribution in [1.82, 2.24) is 5.32 Å². The van der Waals surface area contributed by atoms with E-state index < -0.39 is 5.51 Å². The van der Waals surface area contributed by atoms with E-state index in [1.54, 1.807) is 12.1 Å². The van der Waals surface area contributed by atoms with Gasteiger partial charge in [0.2, 0.25) is 0 Å². The molecule has 1 N–H and O–H groups in total. The first kappa shape index (κ1) is 15.4. The largest absolute Gasteiger partial charge is 0.446 e. The molecule has 0 bridgehead atoms. The van der Waals surface area contributed by atoms with Gasteiger partial charge in [0.05, 0.1) is 0 Å². The van der Waals surface area contributed by atoms with E-state index in [1.807, 2.05) is 0 Å². The standard InChI is InChI=1S/C13H18F3NS/c1-3-4-10(2)17-9-11-5-7-12(8-6-11)18-13(14,15)16/h5-8,10,17H,3-4,9H2,1-2H3. The van der Waals surface area contributed by atoms with E-state index in [0.29, 0.717) is 12.6 Å². The van der Waals surface area contributed by atoms with E-state index in [1.165, 1.54) is 12.1 Å². The minimum Gasteiger partial charge on any atom is -0.310 e. The molecule has 0 aliphatic rings. The van der Waals surface area contributed by atoms with Crippen molar-refractivity contribution >= 4 is 11.8 Å². The maximum atomic E-state index is 12.1. The molecule has 0 radical (unpaired) electrons. The lowest BCUT2D eigenvalue weighted by molar-refractivity contribution is -0.0328. The van der Waals surface area contributed by atoms with Crippen LogP contribution >= 0.6 is 11.8 Å². The van der Waals surface area contributed by atoms with Crippen LogP contribution in [0.2, 0.25) is 0 Å². The number of alkyl halides is 3. The van der Waals surface area contributed by atoms with Crippen LogP contribution < -0.4 is 5.32 Å². The molecule has 1 atom stereocenters. The van der Waals surface area contributed by atoms with E-state index in [4.69, 9.17) is 0 Å². The molecule has 1 rings (SSSR count).